The lowest BCUT2D eigenvalue weighted by Crippen LogP contribution is -2.39. The number of halogens is 3. The van der Waals surface area contributed by atoms with Crippen molar-refractivity contribution < 1.29 is 18.0 Å². The summed E-state index contributed by atoms with van der Waals surface area (Å²) in [5.74, 6) is -4.61. The van der Waals surface area contributed by atoms with Gasteiger partial charge in [0.25, 0.3) is 5.91 Å². The van der Waals surface area contributed by atoms with Gasteiger partial charge in [0.15, 0.2) is 17.5 Å². The first-order valence-corrected chi connectivity index (χ1v) is 7.24. The Labute approximate surface area is 121 Å². The number of carbonyl (C=O) groups is 1. The monoisotopic (exact) mass is 298 g/mol. The molecule has 2 saturated heterocycles. The summed E-state index contributed by atoms with van der Waals surface area (Å²) in [5.41, 5.74) is -0.127. The highest BCUT2D eigenvalue weighted by atomic mass is 19.2. The molecule has 0 bridgehead atoms. The zero-order valence-electron chi connectivity index (χ0n) is 11.6. The SMILES string of the molecule is O=C(c1cc(F)c(F)c(F)c1)N1CCCN2CCCC2C1. The average Bonchev–Trinajstić information content (AvgIpc) is 2.80. The van der Waals surface area contributed by atoms with Crippen molar-refractivity contribution in [2.24, 2.45) is 0 Å². The van der Waals surface area contributed by atoms with Crippen LogP contribution in [0.3, 0.4) is 0 Å². The molecule has 0 aromatic heterocycles. The summed E-state index contributed by atoms with van der Waals surface area (Å²) in [5, 5.41) is 0. The van der Waals surface area contributed by atoms with E-state index in [0.717, 1.165) is 44.5 Å². The average molecular weight is 298 g/mol. The molecule has 1 unspecified atom stereocenters. The van der Waals surface area contributed by atoms with Crippen molar-refractivity contribution in [1.29, 1.82) is 0 Å². The second-order valence-corrected chi connectivity index (χ2v) is 5.69. The summed E-state index contributed by atoms with van der Waals surface area (Å²) in [4.78, 5) is 16.4. The van der Waals surface area contributed by atoms with Gasteiger partial charge in [0.2, 0.25) is 0 Å². The number of nitrogens with zero attached hydrogens (tertiary/aromatic N) is 2. The van der Waals surface area contributed by atoms with Gasteiger partial charge in [-0.3, -0.25) is 9.69 Å². The standard InChI is InChI=1S/C15H17F3N2O/c16-12-7-10(8-13(17)14(12)18)15(21)20-6-2-5-19-4-1-3-11(19)9-20/h7-8,11H,1-6,9H2. The Morgan fingerprint density at radius 2 is 1.71 bits per heavy atom. The van der Waals surface area contributed by atoms with Gasteiger partial charge < -0.3 is 4.90 Å². The zero-order valence-corrected chi connectivity index (χ0v) is 11.6. The molecule has 0 aliphatic carbocycles. The van der Waals surface area contributed by atoms with Crippen LogP contribution in [-0.4, -0.2) is 47.9 Å². The van der Waals surface area contributed by atoms with E-state index >= 15 is 0 Å². The Balaban J connectivity index is 1.81. The molecule has 2 aliphatic heterocycles. The third kappa shape index (κ3) is 2.77. The van der Waals surface area contributed by atoms with Crippen LogP contribution in [0.1, 0.15) is 29.6 Å². The summed E-state index contributed by atoms with van der Waals surface area (Å²) in [7, 11) is 0. The maximum atomic E-state index is 13.3. The van der Waals surface area contributed by atoms with E-state index in [1.165, 1.54) is 0 Å². The molecular weight excluding hydrogens is 281 g/mol. The topological polar surface area (TPSA) is 23.6 Å². The molecule has 2 fully saturated rings. The predicted octanol–water partition coefficient (Wildman–Crippen LogP) is 2.41. The van der Waals surface area contributed by atoms with E-state index in [0.29, 0.717) is 19.1 Å². The summed E-state index contributed by atoms with van der Waals surface area (Å²) in [6.07, 6.45) is 3.00. The van der Waals surface area contributed by atoms with Crippen LogP contribution in [0.2, 0.25) is 0 Å². The van der Waals surface area contributed by atoms with Crippen molar-refractivity contribution in [2.75, 3.05) is 26.2 Å². The molecule has 1 amide bonds. The Bertz CT molecular complexity index is 541. The van der Waals surface area contributed by atoms with Crippen molar-refractivity contribution in [1.82, 2.24) is 9.80 Å². The smallest absolute Gasteiger partial charge is 0.254 e. The van der Waals surface area contributed by atoms with Crippen LogP contribution in [0.15, 0.2) is 12.1 Å². The van der Waals surface area contributed by atoms with E-state index in [4.69, 9.17) is 0 Å². The molecular formula is C15H17F3N2O. The highest BCUT2D eigenvalue weighted by Gasteiger charge is 2.31. The minimum Gasteiger partial charge on any atom is -0.337 e. The maximum absolute atomic E-state index is 13.3. The molecule has 0 saturated carbocycles. The van der Waals surface area contributed by atoms with Crippen molar-refractivity contribution in [2.45, 2.75) is 25.3 Å². The van der Waals surface area contributed by atoms with Crippen LogP contribution in [-0.2, 0) is 0 Å². The molecule has 1 aromatic rings. The van der Waals surface area contributed by atoms with Crippen molar-refractivity contribution in [3.8, 4) is 0 Å². The number of amides is 1. The number of hydrogen-bond acceptors (Lipinski definition) is 2. The van der Waals surface area contributed by atoms with Gasteiger partial charge in [0.1, 0.15) is 0 Å². The van der Waals surface area contributed by atoms with E-state index < -0.39 is 23.4 Å². The molecule has 114 valence electrons. The highest BCUT2D eigenvalue weighted by Crippen LogP contribution is 2.23. The Morgan fingerprint density at radius 1 is 1.05 bits per heavy atom. The fraction of sp³-hybridized carbons (Fsp3) is 0.533. The molecule has 3 rings (SSSR count). The van der Waals surface area contributed by atoms with Gasteiger partial charge in [-0.2, -0.15) is 0 Å². The van der Waals surface area contributed by atoms with E-state index in [-0.39, 0.29) is 5.56 Å². The Hall–Kier alpha value is -1.56. The number of carbonyl (C=O) groups excluding carboxylic acids is 1. The van der Waals surface area contributed by atoms with Crippen molar-refractivity contribution >= 4 is 5.91 Å². The summed E-state index contributed by atoms with van der Waals surface area (Å²) in [6, 6.07) is 1.88. The largest absolute Gasteiger partial charge is 0.337 e. The van der Waals surface area contributed by atoms with E-state index in [9.17, 15) is 18.0 Å². The van der Waals surface area contributed by atoms with Crippen molar-refractivity contribution in [3.63, 3.8) is 0 Å². The van der Waals surface area contributed by atoms with Crippen LogP contribution in [0, 0.1) is 17.5 Å². The molecule has 3 nitrogen and oxygen atoms in total. The van der Waals surface area contributed by atoms with E-state index in [1.807, 2.05) is 0 Å². The number of hydrogen-bond donors (Lipinski definition) is 0. The van der Waals surface area contributed by atoms with Gasteiger partial charge in [0, 0.05) is 31.2 Å². The molecule has 0 N–H and O–H groups in total. The quantitative estimate of drug-likeness (QED) is 0.743. The van der Waals surface area contributed by atoms with Gasteiger partial charge in [-0.25, -0.2) is 13.2 Å². The second-order valence-electron chi connectivity index (χ2n) is 5.69. The third-order valence-corrected chi connectivity index (χ3v) is 4.32. The molecule has 1 atom stereocenters. The fourth-order valence-electron chi connectivity index (χ4n) is 3.25. The highest BCUT2D eigenvalue weighted by molar-refractivity contribution is 5.94. The first kappa shape index (κ1) is 14.4. The first-order chi connectivity index (χ1) is 10.1. The molecule has 6 heteroatoms. The lowest BCUT2D eigenvalue weighted by atomic mass is 10.1. The summed E-state index contributed by atoms with van der Waals surface area (Å²) in [6.45, 7) is 3.12. The third-order valence-electron chi connectivity index (χ3n) is 4.32. The van der Waals surface area contributed by atoms with Gasteiger partial charge in [-0.15, -0.1) is 0 Å². The second kappa shape index (κ2) is 5.67. The van der Waals surface area contributed by atoms with Crippen LogP contribution in [0.4, 0.5) is 13.2 Å². The summed E-state index contributed by atoms with van der Waals surface area (Å²) >= 11 is 0. The van der Waals surface area contributed by atoms with Crippen molar-refractivity contribution in [3.05, 3.63) is 35.1 Å². The van der Waals surface area contributed by atoms with E-state index in [2.05, 4.69) is 4.90 Å². The maximum Gasteiger partial charge on any atom is 0.254 e. The molecule has 1 aromatic carbocycles. The summed E-state index contributed by atoms with van der Waals surface area (Å²) < 4.78 is 39.5. The fourth-order valence-corrected chi connectivity index (χ4v) is 3.25. The van der Waals surface area contributed by atoms with Crippen LogP contribution >= 0.6 is 0 Å². The molecule has 2 heterocycles. The van der Waals surface area contributed by atoms with Crippen LogP contribution < -0.4 is 0 Å². The van der Waals surface area contributed by atoms with Gasteiger partial charge >= 0.3 is 0 Å². The number of fused-ring (bicyclic) bond motifs is 1. The Kier molecular flexibility index (Phi) is 3.89. The first-order valence-electron chi connectivity index (χ1n) is 7.24. The van der Waals surface area contributed by atoms with Gasteiger partial charge in [-0.05, 0) is 37.9 Å². The van der Waals surface area contributed by atoms with Crippen LogP contribution in [0.5, 0.6) is 0 Å². The Morgan fingerprint density at radius 3 is 2.43 bits per heavy atom. The molecule has 0 radical (unpaired) electrons. The van der Waals surface area contributed by atoms with Crippen LogP contribution in [0.25, 0.3) is 0 Å². The lowest BCUT2D eigenvalue weighted by Gasteiger charge is -2.25. The molecule has 2 aliphatic rings. The minimum atomic E-state index is -1.54. The minimum absolute atomic E-state index is 0.127. The lowest BCUT2D eigenvalue weighted by molar-refractivity contribution is 0.0742. The molecule has 21 heavy (non-hydrogen) atoms. The molecule has 0 spiro atoms. The van der Waals surface area contributed by atoms with Gasteiger partial charge in [0.05, 0.1) is 0 Å². The van der Waals surface area contributed by atoms with Gasteiger partial charge in [-0.1, -0.05) is 0 Å². The zero-order chi connectivity index (χ0) is 15.0. The van der Waals surface area contributed by atoms with E-state index in [1.54, 1.807) is 4.90 Å². The number of rotatable bonds is 1. The normalized spacial score (nSPS) is 23.0. The predicted molar refractivity (Wildman–Crippen MR) is 71.4 cm³/mol. The number of benzene rings is 1.